The normalized spacial score (nSPS) is 10.6. The van der Waals surface area contributed by atoms with Gasteiger partial charge in [0.1, 0.15) is 0 Å². The van der Waals surface area contributed by atoms with Crippen molar-refractivity contribution in [3.05, 3.63) is 59.8 Å². The summed E-state index contributed by atoms with van der Waals surface area (Å²) in [6.45, 7) is 0. The van der Waals surface area contributed by atoms with Crippen molar-refractivity contribution in [3.8, 4) is 0 Å². The summed E-state index contributed by atoms with van der Waals surface area (Å²) in [6, 6.07) is 16.0. The fourth-order valence-electron chi connectivity index (χ4n) is 1.96. The lowest BCUT2D eigenvalue weighted by molar-refractivity contribution is 1.31. The average molecular weight is 270 g/mol. The second-order valence-corrected chi connectivity index (χ2v) is 4.71. The molecular formula is C15H12ClN3. The first-order valence-corrected chi connectivity index (χ1v) is 6.27. The number of anilines is 3. The first kappa shape index (κ1) is 11.8. The van der Waals surface area contributed by atoms with Gasteiger partial charge in [0, 0.05) is 11.9 Å². The zero-order valence-electron chi connectivity index (χ0n) is 10.1. The zero-order valence-corrected chi connectivity index (χ0v) is 10.9. The van der Waals surface area contributed by atoms with E-state index < -0.39 is 0 Å². The Balaban J connectivity index is 1.96. The largest absolute Gasteiger partial charge is 0.396 e. The van der Waals surface area contributed by atoms with Crippen molar-refractivity contribution in [1.29, 1.82) is 0 Å². The maximum atomic E-state index is 5.87. The molecule has 0 aliphatic heterocycles. The zero-order chi connectivity index (χ0) is 13.2. The molecule has 2 aromatic carbocycles. The van der Waals surface area contributed by atoms with E-state index in [4.69, 9.17) is 17.3 Å². The first-order valence-electron chi connectivity index (χ1n) is 5.89. The number of aromatic nitrogens is 1. The molecule has 0 aliphatic rings. The third-order valence-corrected chi connectivity index (χ3v) is 3.10. The van der Waals surface area contributed by atoms with Crippen LogP contribution in [0.5, 0.6) is 0 Å². The molecule has 3 rings (SSSR count). The van der Waals surface area contributed by atoms with Crippen molar-refractivity contribution < 1.29 is 0 Å². The fourth-order valence-corrected chi connectivity index (χ4v) is 2.13. The van der Waals surface area contributed by atoms with Crippen LogP contribution >= 0.6 is 11.6 Å². The summed E-state index contributed by atoms with van der Waals surface area (Å²) in [5, 5.41) is 6.09. The second kappa shape index (κ2) is 4.78. The third kappa shape index (κ3) is 2.46. The van der Waals surface area contributed by atoms with Gasteiger partial charge in [0.15, 0.2) is 5.82 Å². The Morgan fingerprint density at radius 1 is 1.00 bits per heavy atom. The van der Waals surface area contributed by atoms with E-state index in [0.717, 1.165) is 5.69 Å². The molecule has 94 valence electrons. The van der Waals surface area contributed by atoms with E-state index in [1.807, 2.05) is 18.2 Å². The molecule has 19 heavy (non-hydrogen) atoms. The molecule has 3 aromatic rings. The van der Waals surface area contributed by atoms with Crippen LogP contribution < -0.4 is 11.1 Å². The van der Waals surface area contributed by atoms with Crippen LogP contribution in [0.4, 0.5) is 17.2 Å². The number of nitrogens with zero attached hydrogens (tertiary/aromatic N) is 1. The van der Waals surface area contributed by atoms with Gasteiger partial charge in [-0.15, -0.1) is 0 Å². The van der Waals surface area contributed by atoms with Gasteiger partial charge in [0.2, 0.25) is 0 Å². The number of pyridine rings is 1. The van der Waals surface area contributed by atoms with E-state index in [1.165, 1.54) is 10.8 Å². The van der Waals surface area contributed by atoms with E-state index in [0.29, 0.717) is 16.5 Å². The highest BCUT2D eigenvalue weighted by Crippen LogP contribution is 2.25. The number of hydrogen-bond acceptors (Lipinski definition) is 3. The highest BCUT2D eigenvalue weighted by molar-refractivity contribution is 6.30. The number of nitrogens with one attached hydrogen (secondary N) is 1. The molecule has 0 atom stereocenters. The number of nitrogen functional groups attached to an aromatic ring is 1. The molecule has 3 nitrogen and oxygen atoms in total. The molecule has 4 heteroatoms. The second-order valence-electron chi connectivity index (χ2n) is 4.28. The topological polar surface area (TPSA) is 50.9 Å². The van der Waals surface area contributed by atoms with Crippen LogP contribution in [0.1, 0.15) is 0 Å². The minimum absolute atomic E-state index is 0.528. The molecule has 0 aliphatic carbocycles. The van der Waals surface area contributed by atoms with Gasteiger partial charge >= 0.3 is 0 Å². The van der Waals surface area contributed by atoms with Gasteiger partial charge < -0.3 is 11.1 Å². The first-order chi connectivity index (χ1) is 9.22. The minimum atomic E-state index is 0.528. The summed E-state index contributed by atoms with van der Waals surface area (Å²) in [6.07, 6.45) is 1.57. The molecule has 1 aromatic heterocycles. The molecule has 0 saturated carbocycles. The van der Waals surface area contributed by atoms with Gasteiger partial charge in [-0.3, -0.25) is 0 Å². The lowest BCUT2D eigenvalue weighted by atomic mass is 10.1. The maximum absolute atomic E-state index is 5.87. The standard InChI is InChI=1S/C15H12ClN3/c16-12-8-14(17)15(18-9-12)19-13-6-5-10-3-1-2-4-11(10)7-13/h1-9H,17H2,(H,18,19). The van der Waals surface area contributed by atoms with Crippen LogP contribution in [-0.2, 0) is 0 Å². The Labute approximate surface area is 116 Å². The molecule has 0 fully saturated rings. The predicted molar refractivity (Wildman–Crippen MR) is 80.9 cm³/mol. The van der Waals surface area contributed by atoms with E-state index >= 15 is 0 Å². The van der Waals surface area contributed by atoms with Crippen LogP contribution in [0, 0.1) is 0 Å². The van der Waals surface area contributed by atoms with E-state index in [1.54, 1.807) is 12.3 Å². The summed E-state index contributed by atoms with van der Waals surface area (Å²) in [5.74, 6) is 0.611. The quantitative estimate of drug-likeness (QED) is 0.732. The number of nitrogens with two attached hydrogens (primary N) is 1. The molecule has 0 bridgehead atoms. The third-order valence-electron chi connectivity index (χ3n) is 2.90. The van der Waals surface area contributed by atoms with Crippen LogP contribution in [0.25, 0.3) is 10.8 Å². The smallest absolute Gasteiger partial charge is 0.153 e. The summed E-state index contributed by atoms with van der Waals surface area (Å²) >= 11 is 5.83. The van der Waals surface area contributed by atoms with Gasteiger partial charge in [-0.25, -0.2) is 4.98 Å². The van der Waals surface area contributed by atoms with Crippen LogP contribution in [0.15, 0.2) is 54.7 Å². The summed E-state index contributed by atoms with van der Waals surface area (Å²) in [7, 11) is 0. The van der Waals surface area contributed by atoms with Crippen LogP contribution in [0.2, 0.25) is 5.02 Å². The Kier molecular flexibility index (Phi) is 2.97. The van der Waals surface area contributed by atoms with Crippen molar-refractivity contribution in [1.82, 2.24) is 4.98 Å². The highest BCUT2D eigenvalue weighted by Gasteiger charge is 2.03. The SMILES string of the molecule is Nc1cc(Cl)cnc1Nc1ccc2ccccc2c1. The van der Waals surface area contributed by atoms with Crippen molar-refractivity contribution in [2.75, 3.05) is 11.1 Å². The Hall–Kier alpha value is -2.26. The van der Waals surface area contributed by atoms with Crippen molar-refractivity contribution in [2.45, 2.75) is 0 Å². The molecule has 1 heterocycles. The minimum Gasteiger partial charge on any atom is -0.396 e. The molecule has 0 spiro atoms. The van der Waals surface area contributed by atoms with Gasteiger partial charge in [-0.1, -0.05) is 41.9 Å². The number of hydrogen-bond donors (Lipinski definition) is 2. The Bertz CT molecular complexity index is 740. The molecule has 0 unspecified atom stereocenters. The van der Waals surface area contributed by atoms with Gasteiger partial charge in [-0.05, 0) is 29.0 Å². The van der Waals surface area contributed by atoms with E-state index in [-0.39, 0.29) is 0 Å². The fraction of sp³-hybridized carbons (Fsp3) is 0. The number of benzene rings is 2. The lowest BCUT2D eigenvalue weighted by Gasteiger charge is -2.09. The predicted octanol–water partition coefficient (Wildman–Crippen LogP) is 4.21. The number of halogens is 1. The van der Waals surface area contributed by atoms with Crippen molar-refractivity contribution in [3.63, 3.8) is 0 Å². The maximum Gasteiger partial charge on any atom is 0.153 e. The van der Waals surface area contributed by atoms with E-state index in [2.05, 4.69) is 34.6 Å². The van der Waals surface area contributed by atoms with Crippen molar-refractivity contribution in [2.24, 2.45) is 0 Å². The van der Waals surface area contributed by atoms with Crippen molar-refractivity contribution >= 4 is 39.6 Å². The number of fused-ring (bicyclic) bond motifs is 1. The summed E-state index contributed by atoms with van der Waals surface area (Å²) in [5.41, 5.74) is 7.35. The Morgan fingerprint density at radius 2 is 1.79 bits per heavy atom. The summed E-state index contributed by atoms with van der Waals surface area (Å²) in [4.78, 5) is 4.19. The summed E-state index contributed by atoms with van der Waals surface area (Å²) < 4.78 is 0. The van der Waals surface area contributed by atoms with Gasteiger partial charge in [0.25, 0.3) is 0 Å². The van der Waals surface area contributed by atoms with Crippen LogP contribution in [0.3, 0.4) is 0 Å². The molecule has 3 N–H and O–H groups in total. The highest BCUT2D eigenvalue weighted by atomic mass is 35.5. The Morgan fingerprint density at radius 3 is 2.58 bits per heavy atom. The van der Waals surface area contributed by atoms with E-state index in [9.17, 15) is 0 Å². The van der Waals surface area contributed by atoms with Gasteiger partial charge in [0.05, 0.1) is 10.7 Å². The lowest BCUT2D eigenvalue weighted by Crippen LogP contribution is -1.98. The average Bonchev–Trinajstić information content (AvgIpc) is 2.42. The monoisotopic (exact) mass is 269 g/mol. The van der Waals surface area contributed by atoms with Crippen LogP contribution in [-0.4, -0.2) is 4.98 Å². The molecular weight excluding hydrogens is 258 g/mol. The van der Waals surface area contributed by atoms with Gasteiger partial charge in [-0.2, -0.15) is 0 Å². The number of rotatable bonds is 2. The molecule has 0 amide bonds. The molecule has 0 saturated heterocycles. The molecule has 0 radical (unpaired) electrons.